The zero-order valence-corrected chi connectivity index (χ0v) is 15.2. The van der Waals surface area contributed by atoms with Crippen LogP contribution in [-0.2, 0) is 0 Å². The maximum Gasteiger partial charge on any atom is 0.263 e. The third-order valence-electron chi connectivity index (χ3n) is 3.74. The monoisotopic (exact) mass is 365 g/mol. The van der Waals surface area contributed by atoms with Gasteiger partial charge in [-0.1, -0.05) is 30.3 Å². The van der Waals surface area contributed by atoms with Crippen LogP contribution in [0.3, 0.4) is 0 Å². The number of nitrogens with zero attached hydrogens (tertiary/aromatic N) is 4. The highest BCUT2D eigenvalue weighted by Gasteiger charge is 2.11. The number of methoxy groups -OCH3 is 3. The van der Waals surface area contributed by atoms with Crippen LogP contribution in [0.5, 0.6) is 17.2 Å². The molecule has 1 aromatic heterocycles. The zero-order chi connectivity index (χ0) is 19.1. The highest BCUT2D eigenvalue weighted by molar-refractivity contribution is 5.88. The minimum atomic E-state index is 0.277. The van der Waals surface area contributed by atoms with Gasteiger partial charge in [0.2, 0.25) is 0 Å². The minimum absolute atomic E-state index is 0.277. The predicted octanol–water partition coefficient (Wildman–Crippen LogP) is 3.01. The number of hydrogen-bond donors (Lipinski definition) is 1. The van der Waals surface area contributed by atoms with Crippen molar-refractivity contribution in [2.75, 3.05) is 26.8 Å². The molecule has 0 fully saturated rings. The molecule has 2 aromatic carbocycles. The summed E-state index contributed by atoms with van der Waals surface area (Å²) in [6, 6.07) is 13.2. The van der Waals surface area contributed by atoms with Crippen LogP contribution in [0.15, 0.2) is 53.8 Å². The summed E-state index contributed by atoms with van der Waals surface area (Å²) in [5.41, 5.74) is 5.07. The number of hydrazone groups is 1. The number of ether oxygens (including phenoxy) is 3. The molecular weight excluding hydrogens is 346 g/mol. The van der Waals surface area contributed by atoms with Gasteiger partial charge in [-0.15, -0.1) is 5.10 Å². The van der Waals surface area contributed by atoms with E-state index < -0.39 is 0 Å². The summed E-state index contributed by atoms with van der Waals surface area (Å²) in [4.78, 5) is 4.41. The third-order valence-corrected chi connectivity index (χ3v) is 3.74. The number of rotatable bonds is 7. The molecular formula is C19H19N5O3. The van der Waals surface area contributed by atoms with Gasteiger partial charge < -0.3 is 14.2 Å². The fraction of sp³-hybridized carbons (Fsp3) is 0.158. The zero-order valence-electron chi connectivity index (χ0n) is 15.2. The highest BCUT2D eigenvalue weighted by Crippen LogP contribution is 2.32. The Balaban J connectivity index is 1.82. The molecule has 0 unspecified atom stereocenters. The van der Waals surface area contributed by atoms with Crippen LogP contribution in [0, 0.1) is 0 Å². The minimum Gasteiger partial charge on any atom is -0.496 e. The highest BCUT2D eigenvalue weighted by atomic mass is 16.5. The Morgan fingerprint density at radius 2 is 1.67 bits per heavy atom. The molecule has 1 N–H and O–H groups in total. The molecule has 0 saturated heterocycles. The summed E-state index contributed by atoms with van der Waals surface area (Å²) >= 11 is 0. The Hall–Kier alpha value is -3.68. The molecule has 0 bridgehead atoms. The smallest absolute Gasteiger partial charge is 0.263 e. The van der Waals surface area contributed by atoms with E-state index in [1.165, 1.54) is 0 Å². The van der Waals surface area contributed by atoms with Gasteiger partial charge in [0.25, 0.3) is 5.95 Å². The summed E-state index contributed by atoms with van der Waals surface area (Å²) in [6.45, 7) is 0. The SMILES string of the molecule is COc1cc(OC)c(C=NNc2nncc(-c3ccccc3)n2)c(OC)c1. The molecule has 0 aliphatic heterocycles. The molecule has 8 heteroatoms. The Morgan fingerprint density at radius 1 is 0.963 bits per heavy atom. The van der Waals surface area contributed by atoms with E-state index >= 15 is 0 Å². The predicted molar refractivity (Wildman–Crippen MR) is 103 cm³/mol. The lowest BCUT2D eigenvalue weighted by atomic mass is 10.2. The van der Waals surface area contributed by atoms with Crippen molar-refractivity contribution in [1.29, 1.82) is 0 Å². The van der Waals surface area contributed by atoms with Crippen LogP contribution in [0.4, 0.5) is 5.95 Å². The van der Waals surface area contributed by atoms with Gasteiger partial charge in [-0.3, -0.25) is 0 Å². The molecule has 0 atom stereocenters. The van der Waals surface area contributed by atoms with Crippen molar-refractivity contribution in [3.8, 4) is 28.5 Å². The maximum atomic E-state index is 5.39. The molecule has 3 aromatic rings. The standard InChI is InChI=1S/C19H19N5O3/c1-25-14-9-17(26-2)15(18(10-14)27-3)11-20-23-19-22-16(12-21-24-19)13-7-5-4-6-8-13/h4-12H,1-3H3,(H,22,23,24). The number of hydrogen-bond acceptors (Lipinski definition) is 8. The van der Waals surface area contributed by atoms with Gasteiger partial charge in [0.15, 0.2) is 0 Å². The Labute approximate surface area is 156 Å². The molecule has 0 aliphatic rings. The van der Waals surface area contributed by atoms with Crippen LogP contribution < -0.4 is 19.6 Å². The molecule has 8 nitrogen and oxygen atoms in total. The molecule has 138 valence electrons. The second-order valence-electron chi connectivity index (χ2n) is 5.35. The van der Waals surface area contributed by atoms with Crippen molar-refractivity contribution < 1.29 is 14.2 Å². The quantitative estimate of drug-likeness (QED) is 0.508. The first-order chi connectivity index (χ1) is 13.2. The number of anilines is 1. The van der Waals surface area contributed by atoms with Crippen molar-refractivity contribution in [3.63, 3.8) is 0 Å². The van der Waals surface area contributed by atoms with Gasteiger partial charge in [0.1, 0.15) is 17.2 Å². The second kappa shape index (κ2) is 8.61. The van der Waals surface area contributed by atoms with Crippen LogP contribution in [0.25, 0.3) is 11.3 Å². The van der Waals surface area contributed by atoms with E-state index in [-0.39, 0.29) is 5.95 Å². The summed E-state index contributed by atoms with van der Waals surface area (Å²) in [7, 11) is 4.71. The summed E-state index contributed by atoms with van der Waals surface area (Å²) in [5, 5.41) is 12.1. The van der Waals surface area contributed by atoms with E-state index in [1.807, 2.05) is 30.3 Å². The van der Waals surface area contributed by atoms with E-state index in [4.69, 9.17) is 14.2 Å². The van der Waals surface area contributed by atoms with Gasteiger partial charge in [-0.05, 0) is 0 Å². The Bertz CT molecular complexity index is 907. The number of aromatic nitrogens is 3. The molecule has 0 radical (unpaired) electrons. The Kier molecular flexibility index (Phi) is 5.78. The lowest BCUT2D eigenvalue weighted by molar-refractivity contribution is 0.374. The molecule has 0 saturated carbocycles. The van der Waals surface area contributed by atoms with Crippen molar-refractivity contribution in [3.05, 3.63) is 54.2 Å². The maximum absolute atomic E-state index is 5.39. The van der Waals surface area contributed by atoms with Crippen molar-refractivity contribution in [2.45, 2.75) is 0 Å². The van der Waals surface area contributed by atoms with Gasteiger partial charge in [0.05, 0.1) is 45.0 Å². The first kappa shape index (κ1) is 18.1. The largest absolute Gasteiger partial charge is 0.496 e. The van der Waals surface area contributed by atoms with Gasteiger partial charge in [-0.25, -0.2) is 10.4 Å². The van der Waals surface area contributed by atoms with Gasteiger partial charge in [0, 0.05) is 17.7 Å². The fourth-order valence-electron chi connectivity index (χ4n) is 2.41. The molecule has 0 aliphatic carbocycles. The van der Waals surface area contributed by atoms with Crippen molar-refractivity contribution >= 4 is 12.2 Å². The summed E-state index contributed by atoms with van der Waals surface area (Å²) in [5.74, 6) is 2.03. The third kappa shape index (κ3) is 4.30. The second-order valence-corrected chi connectivity index (χ2v) is 5.35. The first-order valence-electron chi connectivity index (χ1n) is 8.09. The first-order valence-corrected chi connectivity index (χ1v) is 8.09. The van der Waals surface area contributed by atoms with Gasteiger partial charge in [-0.2, -0.15) is 10.2 Å². The molecule has 0 amide bonds. The normalized spacial score (nSPS) is 10.6. The van der Waals surface area contributed by atoms with Crippen molar-refractivity contribution in [1.82, 2.24) is 15.2 Å². The van der Waals surface area contributed by atoms with Gasteiger partial charge >= 0.3 is 0 Å². The number of benzene rings is 2. The molecule has 3 rings (SSSR count). The van der Waals surface area contributed by atoms with E-state index in [0.29, 0.717) is 28.5 Å². The molecule has 27 heavy (non-hydrogen) atoms. The summed E-state index contributed by atoms with van der Waals surface area (Å²) < 4.78 is 16.0. The topological polar surface area (TPSA) is 90.8 Å². The number of nitrogens with one attached hydrogen (secondary N) is 1. The molecule has 0 spiro atoms. The average Bonchev–Trinajstić information content (AvgIpc) is 2.74. The lowest BCUT2D eigenvalue weighted by Gasteiger charge is -2.12. The Morgan fingerprint density at radius 3 is 2.30 bits per heavy atom. The van der Waals surface area contributed by atoms with E-state index in [2.05, 4.69) is 25.7 Å². The van der Waals surface area contributed by atoms with Crippen molar-refractivity contribution in [2.24, 2.45) is 5.10 Å². The summed E-state index contributed by atoms with van der Waals surface area (Å²) in [6.07, 6.45) is 3.16. The van der Waals surface area contributed by atoms with E-state index in [0.717, 1.165) is 5.56 Å². The fourth-order valence-corrected chi connectivity index (χ4v) is 2.41. The average molecular weight is 365 g/mol. The van der Waals surface area contributed by atoms with Crippen LogP contribution >= 0.6 is 0 Å². The van der Waals surface area contributed by atoms with Crippen LogP contribution in [-0.4, -0.2) is 42.7 Å². The lowest BCUT2D eigenvalue weighted by Crippen LogP contribution is -2.02. The van der Waals surface area contributed by atoms with E-state index in [9.17, 15) is 0 Å². The van der Waals surface area contributed by atoms with Crippen LogP contribution in [0.2, 0.25) is 0 Å². The van der Waals surface area contributed by atoms with E-state index in [1.54, 1.807) is 45.9 Å². The molecule has 1 heterocycles. The van der Waals surface area contributed by atoms with Crippen LogP contribution in [0.1, 0.15) is 5.56 Å².